The molecule has 1 atom stereocenters. The van der Waals surface area contributed by atoms with Crippen LogP contribution in [0.4, 0.5) is 4.39 Å². The third kappa shape index (κ3) is 3.67. The molecule has 0 aromatic heterocycles. The monoisotopic (exact) mass is 287 g/mol. The van der Waals surface area contributed by atoms with Crippen molar-refractivity contribution < 1.29 is 18.7 Å². The predicted molar refractivity (Wildman–Crippen MR) is 69.5 cm³/mol. The van der Waals surface area contributed by atoms with Crippen LogP contribution in [-0.4, -0.2) is 25.0 Å². The van der Waals surface area contributed by atoms with Gasteiger partial charge in [-0.1, -0.05) is 31.5 Å². The van der Waals surface area contributed by atoms with Gasteiger partial charge in [0.1, 0.15) is 6.04 Å². The van der Waals surface area contributed by atoms with E-state index in [1.54, 1.807) is 13.8 Å². The highest BCUT2D eigenvalue weighted by molar-refractivity contribution is 6.31. The molecule has 19 heavy (non-hydrogen) atoms. The van der Waals surface area contributed by atoms with Crippen LogP contribution in [0.3, 0.4) is 0 Å². The first kappa shape index (κ1) is 15.4. The molecule has 0 saturated heterocycles. The fourth-order valence-electron chi connectivity index (χ4n) is 1.52. The average Bonchev–Trinajstić information content (AvgIpc) is 2.37. The molecule has 0 bridgehead atoms. The Morgan fingerprint density at radius 3 is 2.53 bits per heavy atom. The van der Waals surface area contributed by atoms with Crippen LogP contribution in [-0.2, 0) is 9.53 Å². The van der Waals surface area contributed by atoms with Crippen molar-refractivity contribution in [2.75, 3.05) is 7.11 Å². The average molecular weight is 288 g/mol. The number of amides is 1. The Kier molecular flexibility index (Phi) is 5.30. The lowest BCUT2D eigenvalue weighted by Gasteiger charge is -2.20. The second kappa shape index (κ2) is 6.52. The van der Waals surface area contributed by atoms with Crippen molar-refractivity contribution in [1.82, 2.24) is 5.32 Å². The van der Waals surface area contributed by atoms with Crippen molar-refractivity contribution in [3.8, 4) is 0 Å². The first-order valence-electron chi connectivity index (χ1n) is 5.71. The highest BCUT2D eigenvalue weighted by atomic mass is 35.5. The summed E-state index contributed by atoms with van der Waals surface area (Å²) in [6.45, 7) is 3.49. The van der Waals surface area contributed by atoms with Crippen LogP contribution >= 0.6 is 11.6 Å². The van der Waals surface area contributed by atoms with Crippen LogP contribution in [0.15, 0.2) is 18.2 Å². The molecule has 0 radical (unpaired) electrons. The maximum absolute atomic E-state index is 13.7. The lowest BCUT2D eigenvalue weighted by Crippen LogP contribution is -2.45. The molecule has 1 unspecified atom stereocenters. The number of rotatable bonds is 4. The number of ether oxygens (including phenoxy) is 1. The van der Waals surface area contributed by atoms with E-state index in [1.807, 2.05) is 0 Å². The number of nitrogens with one attached hydrogen (secondary N) is 1. The zero-order valence-electron chi connectivity index (χ0n) is 10.9. The molecule has 0 heterocycles. The zero-order chi connectivity index (χ0) is 14.6. The molecule has 1 rings (SSSR count). The molecule has 0 fully saturated rings. The molecule has 4 nitrogen and oxygen atoms in total. The molecule has 1 amide bonds. The van der Waals surface area contributed by atoms with Crippen molar-refractivity contribution in [3.63, 3.8) is 0 Å². The zero-order valence-corrected chi connectivity index (χ0v) is 11.6. The Morgan fingerprint density at radius 2 is 2.00 bits per heavy atom. The van der Waals surface area contributed by atoms with Crippen molar-refractivity contribution in [2.24, 2.45) is 5.92 Å². The van der Waals surface area contributed by atoms with Gasteiger partial charge in [0.05, 0.1) is 17.7 Å². The fraction of sp³-hybridized carbons (Fsp3) is 0.385. The smallest absolute Gasteiger partial charge is 0.328 e. The molecule has 0 saturated carbocycles. The van der Waals surface area contributed by atoms with Crippen LogP contribution in [0.5, 0.6) is 0 Å². The third-order valence-corrected chi connectivity index (χ3v) is 2.90. The Morgan fingerprint density at radius 1 is 1.37 bits per heavy atom. The summed E-state index contributed by atoms with van der Waals surface area (Å²) in [5.41, 5.74) is -0.206. The van der Waals surface area contributed by atoms with Crippen LogP contribution in [0.25, 0.3) is 0 Å². The molecule has 1 N–H and O–H groups in total. The molecular weight excluding hydrogens is 273 g/mol. The molecular formula is C13H15ClFNO3. The maximum atomic E-state index is 13.7. The number of hydrogen-bond acceptors (Lipinski definition) is 3. The van der Waals surface area contributed by atoms with Crippen molar-refractivity contribution in [2.45, 2.75) is 19.9 Å². The van der Waals surface area contributed by atoms with E-state index in [4.69, 9.17) is 11.6 Å². The van der Waals surface area contributed by atoms with E-state index >= 15 is 0 Å². The van der Waals surface area contributed by atoms with Gasteiger partial charge in [-0.25, -0.2) is 9.18 Å². The van der Waals surface area contributed by atoms with E-state index in [-0.39, 0.29) is 16.5 Å². The first-order valence-corrected chi connectivity index (χ1v) is 6.09. The van der Waals surface area contributed by atoms with Crippen LogP contribution in [0.1, 0.15) is 24.2 Å². The van der Waals surface area contributed by atoms with Gasteiger partial charge in [0.2, 0.25) is 0 Å². The number of carbonyl (C=O) groups excluding carboxylic acids is 2. The van der Waals surface area contributed by atoms with Crippen molar-refractivity contribution in [3.05, 3.63) is 34.6 Å². The normalized spacial score (nSPS) is 12.1. The number of carbonyl (C=O) groups is 2. The lowest BCUT2D eigenvalue weighted by molar-refractivity contribution is -0.144. The van der Waals surface area contributed by atoms with E-state index in [2.05, 4.69) is 10.1 Å². The Bertz CT molecular complexity index is 491. The predicted octanol–water partition coefficient (Wildman–Crippen LogP) is 2.41. The van der Waals surface area contributed by atoms with Gasteiger partial charge in [-0.2, -0.15) is 0 Å². The number of benzene rings is 1. The van der Waals surface area contributed by atoms with Gasteiger partial charge in [0, 0.05) is 0 Å². The summed E-state index contributed by atoms with van der Waals surface area (Å²) >= 11 is 5.60. The number of methoxy groups -OCH3 is 1. The van der Waals surface area contributed by atoms with Gasteiger partial charge < -0.3 is 10.1 Å². The molecule has 0 aliphatic carbocycles. The van der Waals surface area contributed by atoms with Crippen molar-refractivity contribution >= 4 is 23.5 Å². The van der Waals surface area contributed by atoms with Crippen molar-refractivity contribution in [1.29, 1.82) is 0 Å². The van der Waals surface area contributed by atoms with Gasteiger partial charge in [-0.3, -0.25) is 4.79 Å². The summed E-state index contributed by atoms with van der Waals surface area (Å²) < 4.78 is 18.3. The second-order valence-electron chi connectivity index (χ2n) is 4.32. The van der Waals surface area contributed by atoms with Crippen LogP contribution < -0.4 is 5.32 Å². The number of halogens is 2. The minimum Gasteiger partial charge on any atom is -0.467 e. The fourth-order valence-corrected chi connectivity index (χ4v) is 1.70. The quantitative estimate of drug-likeness (QED) is 0.865. The standard InChI is InChI=1S/C13H15ClFNO3/c1-7(2)11(13(18)19-3)16-12(17)8-5-4-6-9(14)10(8)15/h4-7,11H,1-3H3,(H,16,17). The molecule has 0 spiro atoms. The molecule has 0 aliphatic heterocycles. The van der Waals surface area contributed by atoms with E-state index in [0.29, 0.717) is 0 Å². The number of esters is 1. The summed E-state index contributed by atoms with van der Waals surface area (Å²) in [6, 6.07) is 3.26. The van der Waals surface area contributed by atoms with Gasteiger partial charge in [0.25, 0.3) is 5.91 Å². The topological polar surface area (TPSA) is 55.4 Å². The summed E-state index contributed by atoms with van der Waals surface area (Å²) in [6.07, 6.45) is 0. The van der Waals surface area contributed by atoms with E-state index in [9.17, 15) is 14.0 Å². The summed E-state index contributed by atoms with van der Waals surface area (Å²) in [4.78, 5) is 23.5. The van der Waals surface area contributed by atoms with Crippen LogP contribution in [0.2, 0.25) is 5.02 Å². The third-order valence-electron chi connectivity index (χ3n) is 2.60. The summed E-state index contributed by atoms with van der Waals surface area (Å²) in [7, 11) is 1.23. The molecule has 1 aromatic rings. The lowest BCUT2D eigenvalue weighted by atomic mass is 10.0. The second-order valence-corrected chi connectivity index (χ2v) is 4.73. The minimum atomic E-state index is -0.837. The van der Waals surface area contributed by atoms with E-state index in [0.717, 1.165) is 0 Å². The first-order chi connectivity index (χ1) is 8.88. The highest BCUT2D eigenvalue weighted by Crippen LogP contribution is 2.18. The largest absolute Gasteiger partial charge is 0.467 e. The summed E-state index contributed by atoms with van der Waals surface area (Å²) in [5.74, 6) is -2.28. The SMILES string of the molecule is COC(=O)C(NC(=O)c1cccc(Cl)c1F)C(C)C. The highest BCUT2D eigenvalue weighted by Gasteiger charge is 2.26. The molecule has 1 aromatic carbocycles. The van der Waals surface area contributed by atoms with Gasteiger partial charge in [0.15, 0.2) is 5.82 Å². The molecule has 0 aliphatic rings. The Balaban J connectivity index is 2.94. The Labute approximate surface area is 115 Å². The van der Waals surface area contributed by atoms with Gasteiger partial charge in [-0.15, -0.1) is 0 Å². The van der Waals surface area contributed by atoms with E-state index in [1.165, 1.54) is 25.3 Å². The van der Waals surface area contributed by atoms with Gasteiger partial charge in [-0.05, 0) is 18.1 Å². The number of hydrogen-bond donors (Lipinski definition) is 1. The Hall–Kier alpha value is -1.62. The van der Waals surface area contributed by atoms with Gasteiger partial charge >= 0.3 is 5.97 Å². The molecule has 6 heteroatoms. The van der Waals surface area contributed by atoms with E-state index < -0.39 is 23.7 Å². The summed E-state index contributed by atoms with van der Waals surface area (Å²) in [5, 5.41) is 2.29. The minimum absolute atomic E-state index is 0.146. The van der Waals surface area contributed by atoms with Crippen LogP contribution in [0, 0.1) is 11.7 Å². The molecule has 104 valence electrons. The maximum Gasteiger partial charge on any atom is 0.328 e.